The quantitative estimate of drug-likeness (QED) is 0.421. The second-order valence-electron chi connectivity index (χ2n) is 7.66. The molecule has 2 aromatic heterocycles. The summed E-state index contributed by atoms with van der Waals surface area (Å²) in [6.07, 6.45) is 6.48. The lowest BCUT2D eigenvalue weighted by Gasteiger charge is -2.29. The number of carbonyl (C=O) groups excluding carboxylic acids is 1. The first kappa shape index (κ1) is 20.5. The molecule has 32 heavy (non-hydrogen) atoms. The van der Waals surface area contributed by atoms with E-state index >= 15 is 0 Å². The van der Waals surface area contributed by atoms with Crippen LogP contribution in [-0.2, 0) is 17.8 Å². The van der Waals surface area contributed by atoms with E-state index in [9.17, 15) is 4.79 Å². The summed E-state index contributed by atoms with van der Waals surface area (Å²) >= 11 is 1.54. The Morgan fingerprint density at radius 2 is 2.12 bits per heavy atom. The molecule has 4 aromatic rings. The molecule has 0 bridgehead atoms. The van der Waals surface area contributed by atoms with Gasteiger partial charge in [-0.15, -0.1) is 0 Å². The number of imidazole rings is 1. The van der Waals surface area contributed by atoms with E-state index in [2.05, 4.69) is 24.0 Å². The summed E-state index contributed by atoms with van der Waals surface area (Å²) in [7, 11) is 0. The molecular formula is C24H24N4O3S. The Balaban J connectivity index is 1.40. The van der Waals surface area contributed by atoms with E-state index in [1.165, 1.54) is 16.9 Å². The third kappa shape index (κ3) is 4.18. The molecule has 164 valence electrons. The highest BCUT2D eigenvalue weighted by molar-refractivity contribution is 7.22. The van der Waals surface area contributed by atoms with Crippen molar-refractivity contribution < 1.29 is 14.3 Å². The fourth-order valence-corrected chi connectivity index (χ4v) is 4.80. The Morgan fingerprint density at radius 1 is 1.25 bits per heavy atom. The second-order valence-corrected chi connectivity index (χ2v) is 8.67. The number of thiazole rings is 1. The van der Waals surface area contributed by atoms with Crippen molar-refractivity contribution in [2.24, 2.45) is 0 Å². The van der Waals surface area contributed by atoms with Crippen LogP contribution in [0.25, 0.3) is 10.2 Å². The summed E-state index contributed by atoms with van der Waals surface area (Å²) in [5, 5.41) is 0.686. The summed E-state index contributed by atoms with van der Waals surface area (Å²) in [5.41, 5.74) is 2.16. The maximum atomic E-state index is 13.6. The van der Waals surface area contributed by atoms with Crippen LogP contribution in [0.1, 0.15) is 18.9 Å². The minimum atomic E-state index is -0.712. The highest BCUT2D eigenvalue weighted by Gasteiger charge is 2.33. The first-order valence-corrected chi connectivity index (χ1v) is 11.6. The number of fused-ring (bicyclic) bond motifs is 2. The number of aromatic nitrogens is 3. The summed E-state index contributed by atoms with van der Waals surface area (Å²) in [4.78, 5) is 24.2. The van der Waals surface area contributed by atoms with Crippen molar-refractivity contribution >= 4 is 32.6 Å². The van der Waals surface area contributed by atoms with Crippen LogP contribution in [0.5, 0.6) is 11.5 Å². The largest absolute Gasteiger partial charge is 0.485 e. The second kappa shape index (κ2) is 9.00. The number of rotatable bonds is 7. The molecule has 2 aromatic carbocycles. The molecule has 0 fully saturated rings. The van der Waals surface area contributed by atoms with E-state index in [-0.39, 0.29) is 12.5 Å². The van der Waals surface area contributed by atoms with Crippen LogP contribution in [-0.4, -0.2) is 39.7 Å². The zero-order chi connectivity index (χ0) is 21.9. The monoisotopic (exact) mass is 448 g/mol. The van der Waals surface area contributed by atoms with Crippen LogP contribution in [0.2, 0.25) is 0 Å². The van der Waals surface area contributed by atoms with Gasteiger partial charge < -0.3 is 14.0 Å². The van der Waals surface area contributed by atoms with Gasteiger partial charge in [0.2, 0.25) is 6.10 Å². The van der Waals surface area contributed by atoms with Gasteiger partial charge in [0.15, 0.2) is 16.6 Å². The SMILES string of the molecule is CCc1ccc2nc(N(CCCn3ccnc3)C(=O)C3COc4ccccc4O3)sc2c1. The lowest BCUT2D eigenvalue weighted by atomic mass is 10.2. The highest BCUT2D eigenvalue weighted by Crippen LogP contribution is 2.34. The molecular weight excluding hydrogens is 424 g/mol. The molecule has 1 aliphatic heterocycles. The van der Waals surface area contributed by atoms with Gasteiger partial charge in [-0.1, -0.05) is 36.5 Å². The number of benzene rings is 2. The van der Waals surface area contributed by atoms with Crippen molar-refractivity contribution in [3.8, 4) is 11.5 Å². The number of amides is 1. The van der Waals surface area contributed by atoms with Gasteiger partial charge in [-0.05, 0) is 42.7 Å². The standard InChI is InChI=1S/C24H24N4O3S/c1-2-17-8-9-18-22(14-17)32-24(26-18)28(12-5-11-27-13-10-25-16-27)23(29)21-15-30-19-6-3-4-7-20(19)31-21/h3-4,6-10,13-14,16,21H,2,5,11-12,15H2,1H3. The molecule has 1 amide bonds. The van der Waals surface area contributed by atoms with Crippen LogP contribution in [0.3, 0.4) is 0 Å². The molecule has 0 aliphatic carbocycles. The van der Waals surface area contributed by atoms with Gasteiger partial charge >= 0.3 is 0 Å². The number of ether oxygens (including phenoxy) is 2. The molecule has 0 spiro atoms. The fraction of sp³-hybridized carbons (Fsp3) is 0.292. The maximum Gasteiger partial charge on any atom is 0.273 e. The molecule has 0 saturated heterocycles. The smallest absolute Gasteiger partial charge is 0.273 e. The van der Waals surface area contributed by atoms with E-state index in [0.717, 1.165) is 29.6 Å². The minimum absolute atomic E-state index is 0.139. The van der Waals surface area contributed by atoms with Crippen LogP contribution in [0.15, 0.2) is 61.2 Å². The van der Waals surface area contributed by atoms with Crippen molar-refractivity contribution in [1.82, 2.24) is 14.5 Å². The third-order valence-corrected chi connectivity index (χ3v) is 6.53. The first-order chi connectivity index (χ1) is 15.7. The van der Waals surface area contributed by atoms with Crippen molar-refractivity contribution in [2.75, 3.05) is 18.1 Å². The Bertz CT molecular complexity index is 1220. The number of carbonyl (C=O) groups is 1. The number of aryl methyl sites for hydroxylation is 2. The molecule has 1 atom stereocenters. The van der Waals surface area contributed by atoms with Gasteiger partial charge in [-0.2, -0.15) is 0 Å². The van der Waals surface area contributed by atoms with Crippen LogP contribution < -0.4 is 14.4 Å². The fourth-order valence-electron chi connectivity index (χ4n) is 3.74. The maximum absolute atomic E-state index is 13.6. The van der Waals surface area contributed by atoms with Crippen LogP contribution in [0, 0.1) is 0 Å². The van der Waals surface area contributed by atoms with Gasteiger partial charge in [-0.3, -0.25) is 9.69 Å². The van der Waals surface area contributed by atoms with Gasteiger partial charge in [0.05, 0.1) is 16.5 Å². The predicted molar refractivity (Wildman–Crippen MR) is 125 cm³/mol. The number of nitrogens with zero attached hydrogens (tertiary/aromatic N) is 4. The van der Waals surface area contributed by atoms with E-state index in [1.54, 1.807) is 17.4 Å². The summed E-state index contributed by atoms with van der Waals surface area (Å²) in [6, 6.07) is 13.7. The number of para-hydroxylation sites is 2. The summed E-state index contributed by atoms with van der Waals surface area (Å²) < 4.78 is 14.9. The number of anilines is 1. The molecule has 3 heterocycles. The molecule has 8 heteroatoms. The van der Waals surface area contributed by atoms with Gasteiger partial charge in [-0.25, -0.2) is 9.97 Å². The Morgan fingerprint density at radius 3 is 2.94 bits per heavy atom. The predicted octanol–water partition coefficient (Wildman–Crippen LogP) is 4.32. The van der Waals surface area contributed by atoms with Crippen molar-refractivity contribution in [2.45, 2.75) is 32.4 Å². The molecule has 0 saturated carbocycles. The Labute approximate surface area is 190 Å². The van der Waals surface area contributed by atoms with E-state index in [0.29, 0.717) is 23.2 Å². The number of hydrogen-bond donors (Lipinski definition) is 0. The first-order valence-electron chi connectivity index (χ1n) is 10.8. The summed E-state index contributed by atoms with van der Waals surface area (Å²) in [5.74, 6) is 1.11. The lowest BCUT2D eigenvalue weighted by molar-refractivity contribution is -0.127. The average Bonchev–Trinajstić information content (AvgIpc) is 3.50. The number of hydrogen-bond acceptors (Lipinski definition) is 6. The lowest BCUT2D eigenvalue weighted by Crippen LogP contribution is -2.47. The van der Waals surface area contributed by atoms with Crippen molar-refractivity contribution in [3.63, 3.8) is 0 Å². The topological polar surface area (TPSA) is 69.5 Å². The van der Waals surface area contributed by atoms with E-state index in [1.807, 2.05) is 41.1 Å². The molecule has 0 N–H and O–H groups in total. The van der Waals surface area contributed by atoms with Crippen LogP contribution >= 0.6 is 11.3 Å². The Kier molecular flexibility index (Phi) is 5.77. The summed E-state index contributed by atoms with van der Waals surface area (Å²) in [6.45, 7) is 3.60. The Hall–Kier alpha value is -3.39. The molecule has 0 radical (unpaired) electrons. The minimum Gasteiger partial charge on any atom is -0.485 e. The van der Waals surface area contributed by atoms with E-state index < -0.39 is 6.10 Å². The van der Waals surface area contributed by atoms with Crippen molar-refractivity contribution in [3.05, 3.63) is 66.7 Å². The zero-order valence-electron chi connectivity index (χ0n) is 17.8. The van der Waals surface area contributed by atoms with Gasteiger partial charge in [0.25, 0.3) is 5.91 Å². The molecule has 1 aliphatic rings. The zero-order valence-corrected chi connectivity index (χ0v) is 18.6. The van der Waals surface area contributed by atoms with E-state index in [4.69, 9.17) is 14.5 Å². The molecule has 1 unspecified atom stereocenters. The average molecular weight is 449 g/mol. The molecule has 7 nitrogen and oxygen atoms in total. The van der Waals surface area contributed by atoms with Crippen LogP contribution in [0.4, 0.5) is 5.13 Å². The third-order valence-electron chi connectivity index (χ3n) is 5.49. The normalized spacial score (nSPS) is 15.1. The van der Waals surface area contributed by atoms with Crippen molar-refractivity contribution in [1.29, 1.82) is 0 Å². The molecule has 5 rings (SSSR count). The van der Waals surface area contributed by atoms with Gasteiger partial charge in [0.1, 0.15) is 6.61 Å². The van der Waals surface area contributed by atoms with Gasteiger partial charge in [0, 0.05) is 25.5 Å². The highest BCUT2D eigenvalue weighted by atomic mass is 32.1.